The first-order valence-corrected chi connectivity index (χ1v) is 7.54. The summed E-state index contributed by atoms with van der Waals surface area (Å²) in [5.41, 5.74) is -0.132. The fourth-order valence-electron chi connectivity index (χ4n) is 1.99. The molecule has 0 bridgehead atoms. The van der Waals surface area contributed by atoms with Crippen molar-refractivity contribution in [1.29, 1.82) is 0 Å². The van der Waals surface area contributed by atoms with E-state index in [2.05, 4.69) is 9.97 Å². The topological polar surface area (TPSA) is 106 Å². The molecule has 0 amide bonds. The molecule has 2 rings (SSSR count). The van der Waals surface area contributed by atoms with Crippen LogP contribution in [0.1, 0.15) is 28.9 Å². The predicted octanol–water partition coefficient (Wildman–Crippen LogP) is 0.269. The van der Waals surface area contributed by atoms with Gasteiger partial charge in [0.1, 0.15) is 11.9 Å². The van der Waals surface area contributed by atoms with Crippen molar-refractivity contribution in [2.45, 2.75) is 23.8 Å². The van der Waals surface area contributed by atoms with Crippen molar-refractivity contribution in [2.75, 3.05) is 13.2 Å². The number of sulfone groups is 1. The predicted molar refractivity (Wildman–Crippen MR) is 65.5 cm³/mol. The van der Waals surface area contributed by atoms with Crippen LogP contribution in [0.4, 0.5) is 0 Å². The van der Waals surface area contributed by atoms with Crippen molar-refractivity contribution < 1.29 is 23.1 Å². The number of hydrogen-bond acceptors (Lipinski definition) is 6. The number of ether oxygens (including phenoxy) is 1. The zero-order valence-corrected chi connectivity index (χ0v) is 11.0. The van der Waals surface area contributed by atoms with Crippen molar-refractivity contribution in [3.05, 3.63) is 23.8 Å². The molecule has 1 fully saturated rings. The van der Waals surface area contributed by atoms with Crippen LogP contribution in [0.15, 0.2) is 12.5 Å². The van der Waals surface area contributed by atoms with Gasteiger partial charge in [-0.15, -0.1) is 0 Å². The van der Waals surface area contributed by atoms with E-state index in [-0.39, 0.29) is 17.0 Å². The van der Waals surface area contributed by atoms with Crippen LogP contribution in [0, 0.1) is 0 Å². The molecule has 1 aliphatic rings. The summed E-state index contributed by atoms with van der Waals surface area (Å²) in [4.78, 5) is 18.4. The second-order valence-electron chi connectivity index (χ2n) is 4.31. The molecule has 0 unspecified atom stereocenters. The Balaban J connectivity index is 2.22. The molecule has 0 saturated carbocycles. The fourth-order valence-corrected chi connectivity index (χ4v) is 3.75. The van der Waals surface area contributed by atoms with Gasteiger partial charge in [0.2, 0.25) is 0 Å². The van der Waals surface area contributed by atoms with E-state index in [0.29, 0.717) is 26.1 Å². The summed E-state index contributed by atoms with van der Waals surface area (Å²) < 4.78 is 29.6. The van der Waals surface area contributed by atoms with E-state index < -0.39 is 21.1 Å². The molecule has 104 valence electrons. The van der Waals surface area contributed by atoms with Crippen molar-refractivity contribution >= 4 is 15.8 Å². The van der Waals surface area contributed by atoms with Gasteiger partial charge in [0, 0.05) is 19.4 Å². The number of rotatable bonds is 4. The van der Waals surface area contributed by atoms with Crippen LogP contribution >= 0.6 is 0 Å². The number of carboxylic acid groups (broad SMARTS) is 1. The van der Waals surface area contributed by atoms with Crippen molar-refractivity contribution in [2.24, 2.45) is 0 Å². The van der Waals surface area contributed by atoms with Crippen LogP contribution in [0.25, 0.3) is 0 Å². The fraction of sp³-hybridized carbons (Fsp3) is 0.545. The third kappa shape index (κ3) is 3.27. The Morgan fingerprint density at radius 1 is 1.42 bits per heavy atom. The third-order valence-electron chi connectivity index (χ3n) is 3.04. The third-order valence-corrected chi connectivity index (χ3v) is 5.20. The van der Waals surface area contributed by atoms with Gasteiger partial charge in [-0.1, -0.05) is 0 Å². The SMILES string of the molecule is O=C(O)c1cncnc1CS(=O)(=O)C1CCOCC1. The van der Waals surface area contributed by atoms with Crippen LogP contribution in [-0.4, -0.2) is 47.9 Å². The Bertz CT molecular complexity index is 566. The molecule has 7 nitrogen and oxygen atoms in total. The quantitative estimate of drug-likeness (QED) is 0.846. The minimum Gasteiger partial charge on any atom is -0.478 e. The average molecular weight is 286 g/mol. The summed E-state index contributed by atoms with van der Waals surface area (Å²) in [6, 6.07) is 0. The maximum Gasteiger partial charge on any atom is 0.339 e. The highest BCUT2D eigenvalue weighted by Crippen LogP contribution is 2.20. The Morgan fingerprint density at radius 2 is 2.11 bits per heavy atom. The number of aromatic carboxylic acids is 1. The van der Waals surface area contributed by atoms with E-state index in [1.807, 2.05) is 0 Å². The van der Waals surface area contributed by atoms with Gasteiger partial charge in [0.05, 0.1) is 16.7 Å². The number of carboxylic acids is 1. The summed E-state index contributed by atoms with van der Waals surface area (Å²) >= 11 is 0. The van der Waals surface area contributed by atoms with Gasteiger partial charge >= 0.3 is 5.97 Å². The molecule has 0 atom stereocenters. The number of nitrogens with zero attached hydrogens (tertiary/aromatic N) is 2. The molecule has 2 heterocycles. The minimum atomic E-state index is -3.43. The molecule has 0 aromatic carbocycles. The Labute approximate surface area is 110 Å². The Morgan fingerprint density at radius 3 is 2.74 bits per heavy atom. The maximum atomic E-state index is 12.2. The normalized spacial score (nSPS) is 17.3. The summed E-state index contributed by atoms with van der Waals surface area (Å²) in [6.45, 7) is 0.832. The van der Waals surface area contributed by atoms with Crippen molar-refractivity contribution in [3.8, 4) is 0 Å². The van der Waals surface area contributed by atoms with Gasteiger partial charge in [0.25, 0.3) is 0 Å². The second-order valence-corrected chi connectivity index (χ2v) is 6.59. The van der Waals surface area contributed by atoms with E-state index >= 15 is 0 Å². The molecule has 1 aromatic rings. The van der Waals surface area contributed by atoms with Gasteiger partial charge in [-0.3, -0.25) is 0 Å². The monoisotopic (exact) mass is 286 g/mol. The van der Waals surface area contributed by atoms with Gasteiger partial charge in [-0.05, 0) is 12.8 Å². The van der Waals surface area contributed by atoms with Gasteiger partial charge in [-0.25, -0.2) is 23.2 Å². The number of carbonyl (C=O) groups is 1. The van der Waals surface area contributed by atoms with Gasteiger partial charge in [-0.2, -0.15) is 0 Å². The molecule has 1 aromatic heterocycles. The summed E-state index contributed by atoms with van der Waals surface area (Å²) in [6.07, 6.45) is 3.15. The van der Waals surface area contributed by atoms with Gasteiger partial charge in [0.15, 0.2) is 9.84 Å². The van der Waals surface area contributed by atoms with E-state index in [4.69, 9.17) is 9.84 Å². The Kier molecular flexibility index (Phi) is 4.11. The molecule has 1 saturated heterocycles. The molecular formula is C11H14N2O5S. The van der Waals surface area contributed by atoms with Crippen LogP contribution in [0.5, 0.6) is 0 Å². The van der Waals surface area contributed by atoms with Crippen molar-refractivity contribution in [1.82, 2.24) is 9.97 Å². The molecule has 1 N–H and O–H groups in total. The smallest absolute Gasteiger partial charge is 0.339 e. The lowest BCUT2D eigenvalue weighted by Gasteiger charge is -2.22. The minimum absolute atomic E-state index is 0.0361. The largest absolute Gasteiger partial charge is 0.478 e. The average Bonchev–Trinajstić information content (AvgIpc) is 2.39. The lowest BCUT2D eigenvalue weighted by Crippen LogP contribution is -2.30. The molecule has 8 heteroatoms. The van der Waals surface area contributed by atoms with Crippen LogP contribution in [0.2, 0.25) is 0 Å². The van der Waals surface area contributed by atoms with Crippen molar-refractivity contribution in [3.63, 3.8) is 0 Å². The molecular weight excluding hydrogens is 272 g/mol. The van der Waals surface area contributed by atoms with E-state index in [1.165, 1.54) is 0 Å². The number of aromatic nitrogens is 2. The summed E-state index contributed by atoms with van der Waals surface area (Å²) in [5, 5.41) is 8.49. The highest BCUT2D eigenvalue weighted by Gasteiger charge is 2.29. The van der Waals surface area contributed by atoms with E-state index in [0.717, 1.165) is 12.5 Å². The number of hydrogen-bond donors (Lipinski definition) is 1. The zero-order valence-electron chi connectivity index (χ0n) is 10.2. The van der Waals surface area contributed by atoms with E-state index in [9.17, 15) is 13.2 Å². The molecule has 0 aliphatic carbocycles. The maximum absolute atomic E-state index is 12.2. The standard InChI is InChI=1S/C11H14N2O5S/c14-11(15)9-5-12-7-13-10(9)6-19(16,17)8-1-3-18-4-2-8/h5,7-8H,1-4,6H2,(H,14,15). The zero-order chi connectivity index (χ0) is 13.9. The first-order valence-electron chi connectivity index (χ1n) is 5.82. The first kappa shape index (κ1) is 13.9. The van der Waals surface area contributed by atoms with Crippen LogP contribution in [-0.2, 0) is 20.3 Å². The molecule has 0 spiro atoms. The summed E-state index contributed by atoms with van der Waals surface area (Å²) in [7, 11) is -3.43. The summed E-state index contributed by atoms with van der Waals surface area (Å²) in [5.74, 6) is -1.60. The van der Waals surface area contributed by atoms with Crippen LogP contribution < -0.4 is 0 Å². The molecule has 1 aliphatic heterocycles. The molecule has 0 radical (unpaired) electrons. The first-order chi connectivity index (χ1) is 9.00. The second kappa shape index (κ2) is 5.62. The van der Waals surface area contributed by atoms with Crippen LogP contribution in [0.3, 0.4) is 0 Å². The Hall–Kier alpha value is -1.54. The molecule has 19 heavy (non-hydrogen) atoms. The van der Waals surface area contributed by atoms with E-state index in [1.54, 1.807) is 0 Å². The highest BCUT2D eigenvalue weighted by molar-refractivity contribution is 7.91. The lowest BCUT2D eigenvalue weighted by atomic mass is 10.2. The lowest BCUT2D eigenvalue weighted by molar-refractivity contribution is 0.0695. The highest BCUT2D eigenvalue weighted by atomic mass is 32.2. The van der Waals surface area contributed by atoms with Gasteiger partial charge < -0.3 is 9.84 Å².